The predicted molar refractivity (Wildman–Crippen MR) is 143 cm³/mol. The first-order chi connectivity index (χ1) is 17.0. The Bertz CT molecular complexity index is 1460. The first kappa shape index (κ1) is 22.9. The SMILES string of the molecule is Cc1cc(C)c2c(c1)c(-c1ccccc1)c(-c1ccccc1)n2C[C@H](O)CNc1ccccc1F. The molecule has 1 heterocycles. The van der Waals surface area contributed by atoms with Gasteiger partial charge >= 0.3 is 0 Å². The smallest absolute Gasteiger partial charge is 0.146 e. The highest BCUT2D eigenvalue weighted by Crippen LogP contribution is 2.42. The number of nitrogens with one attached hydrogen (secondary N) is 1. The molecule has 176 valence electrons. The average molecular weight is 465 g/mol. The molecule has 4 heteroatoms. The van der Waals surface area contributed by atoms with Crippen molar-refractivity contribution in [3.05, 3.63) is 114 Å². The zero-order chi connectivity index (χ0) is 24.4. The van der Waals surface area contributed by atoms with Gasteiger partial charge in [-0.1, -0.05) is 84.4 Å². The van der Waals surface area contributed by atoms with Gasteiger partial charge in [0.2, 0.25) is 0 Å². The van der Waals surface area contributed by atoms with Gasteiger partial charge in [-0.2, -0.15) is 0 Å². The lowest BCUT2D eigenvalue weighted by molar-refractivity contribution is 0.168. The summed E-state index contributed by atoms with van der Waals surface area (Å²) >= 11 is 0. The molecule has 0 spiro atoms. The Kier molecular flexibility index (Phi) is 6.39. The number of anilines is 1. The van der Waals surface area contributed by atoms with Crippen molar-refractivity contribution in [3.8, 4) is 22.4 Å². The minimum Gasteiger partial charge on any atom is -0.389 e. The average Bonchev–Trinajstić information content (AvgIpc) is 3.18. The molecule has 0 amide bonds. The maximum atomic E-state index is 14.1. The summed E-state index contributed by atoms with van der Waals surface area (Å²) in [6.45, 7) is 4.85. The zero-order valence-corrected chi connectivity index (χ0v) is 20.0. The molecule has 3 nitrogen and oxygen atoms in total. The van der Waals surface area contributed by atoms with Crippen molar-refractivity contribution in [1.29, 1.82) is 0 Å². The summed E-state index contributed by atoms with van der Waals surface area (Å²) in [4.78, 5) is 0. The normalized spacial score (nSPS) is 12.1. The second kappa shape index (κ2) is 9.77. The summed E-state index contributed by atoms with van der Waals surface area (Å²) in [6, 6.07) is 31.7. The van der Waals surface area contributed by atoms with Gasteiger partial charge in [-0.05, 0) is 48.7 Å². The number of hydrogen-bond acceptors (Lipinski definition) is 2. The van der Waals surface area contributed by atoms with Crippen LogP contribution in [0.15, 0.2) is 97.1 Å². The minimum absolute atomic E-state index is 0.237. The molecule has 35 heavy (non-hydrogen) atoms. The van der Waals surface area contributed by atoms with Crippen LogP contribution in [0.4, 0.5) is 10.1 Å². The standard InChI is InChI=1S/C31H29FN2O/c1-21-17-22(2)30-26(18-21)29(23-11-5-3-6-12-23)31(24-13-7-4-8-14-24)34(30)20-25(35)19-33-28-16-10-9-15-27(28)32/h3-18,25,33,35H,19-20H2,1-2H3/t25-/m1/s1. The van der Waals surface area contributed by atoms with Gasteiger partial charge in [-0.3, -0.25) is 0 Å². The molecule has 0 saturated carbocycles. The summed E-state index contributed by atoms with van der Waals surface area (Å²) in [7, 11) is 0. The van der Waals surface area contributed by atoms with Gasteiger partial charge in [0, 0.05) is 17.5 Å². The summed E-state index contributed by atoms with van der Waals surface area (Å²) in [6.07, 6.45) is -0.725. The van der Waals surface area contributed by atoms with E-state index < -0.39 is 6.10 Å². The molecule has 0 aliphatic carbocycles. The molecule has 4 aromatic carbocycles. The van der Waals surface area contributed by atoms with Gasteiger partial charge in [0.15, 0.2) is 0 Å². The molecular weight excluding hydrogens is 435 g/mol. The van der Waals surface area contributed by atoms with E-state index in [1.165, 1.54) is 17.0 Å². The highest BCUT2D eigenvalue weighted by atomic mass is 19.1. The molecule has 0 radical (unpaired) electrons. The maximum Gasteiger partial charge on any atom is 0.146 e. The number of nitrogens with zero attached hydrogens (tertiary/aromatic N) is 1. The Morgan fingerprint density at radius 3 is 2.14 bits per heavy atom. The van der Waals surface area contributed by atoms with E-state index in [0.717, 1.165) is 33.5 Å². The number of aliphatic hydroxyl groups is 1. The number of aryl methyl sites for hydroxylation is 2. The molecule has 0 bridgehead atoms. The van der Waals surface area contributed by atoms with E-state index in [0.29, 0.717) is 12.2 Å². The third-order valence-corrected chi connectivity index (χ3v) is 6.40. The quantitative estimate of drug-likeness (QED) is 0.267. The molecule has 0 fully saturated rings. The summed E-state index contributed by atoms with van der Waals surface area (Å²) in [5, 5.41) is 15.3. The van der Waals surface area contributed by atoms with Gasteiger partial charge in [0.25, 0.3) is 0 Å². The van der Waals surface area contributed by atoms with Gasteiger partial charge in [0.05, 0.1) is 29.5 Å². The molecule has 0 saturated heterocycles. The number of rotatable bonds is 7. The lowest BCUT2D eigenvalue weighted by atomic mass is 9.97. The van der Waals surface area contributed by atoms with Crippen molar-refractivity contribution in [2.45, 2.75) is 26.5 Å². The number of hydrogen-bond donors (Lipinski definition) is 2. The predicted octanol–water partition coefficient (Wildman–Crippen LogP) is 7.20. The second-order valence-corrected chi connectivity index (χ2v) is 9.06. The number of fused-ring (bicyclic) bond motifs is 1. The van der Waals surface area contributed by atoms with Crippen LogP contribution in [0.1, 0.15) is 11.1 Å². The van der Waals surface area contributed by atoms with E-state index in [-0.39, 0.29) is 12.4 Å². The van der Waals surface area contributed by atoms with Crippen molar-refractivity contribution in [1.82, 2.24) is 4.57 Å². The Labute approximate surface area is 205 Å². The monoisotopic (exact) mass is 464 g/mol. The summed E-state index contributed by atoms with van der Waals surface area (Å²) in [5.74, 6) is -0.325. The maximum absolute atomic E-state index is 14.1. The van der Waals surface area contributed by atoms with Crippen LogP contribution in [-0.2, 0) is 6.54 Å². The highest BCUT2D eigenvalue weighted by Gasteiger charge is 2.23. The van der Waals surface area contributed by atoms with E-state index in [9.17, 15) is 9.50 Å². The number of aromatic nitrogens is 1. The fourth-order valence-electron chi connectivity index (χ4n) is 4.97. The van der Waals surface area contributed by atoms with Crippen LogP contribution >= 0.6 is 0 Å². The lowest BCUT2D eigenvalue weighted by Crippen LogP contribution is -2.25. The van der Waals surface area contributed by atoms with Crippen LogP contribution in [0.2, 0.25) is 0 Å². The molecule has 0 unspecified atom stereocenters. The molecule has 0 aliphatic rings. The van der Waals surface area contributed by atoms with E-state index in [2.05, 4.69) is 72.3 Å². The molecule has 5 rings (SSSR count). The first-order valence-corrected chi connectivity index (χ1v) is 11.9. The second-order valence-electron chi connectivity index (χ2n) is 9.06. The number of aliphatic hydroxyl groups excluding tert-OH is 1. The third-order valence-electron chi connectivity index (χ3n) is 6.40. The van der Waals surface area contributed by atoms with Crippen LogP contribution < -0.4 is 5.32 Å². The molecule has 1 aromatic heterocycles. The van der Waals surface area contributed by atoms with Gasteiger partial charge in [0.1, 0.15) is 5.82 Å². The minimum atomic E-state index is -0.725. The molecular formula is C31H29FN2O. The third kappa shape index (κ3) is 4.58. The van der Waals surface area contributed by atoms with Crippen LogP contribution in [0, 0.1) is 19.7 Å². The van der Waals surface area contributed by atoms with Gasteiger partial charge in [-0.15, -0.1) is 0 Å². The van der Waals surface area contributed by atoms with Gasteiger partial charge < -0.3 is 15.0 Å². The van der Waals surface area contributed by atoms with Gasteiger partial charge in [-0.25, -0.2) is 4.39 Å². The first-order valence-electron chi connectivity index (χ1n) is 11.9. The largest absolute Gasteiger partial charge is 0.389 e. The summed E-state index contributed by atoms with van der Waals surface area (Å²) in [5.41, 5.74) is 8.33. The zero-order valence-electron chi connectivity index (χ0n) is 20.0. The number of para-hydroxylation sites is 1. The number of benzene rings is 4. The van der Waals surface area contributed by atoms with Crippen molar-refractivity contribution in [3.63, 3.8) is 0 Å². The van der Waals surface area contributed by atoms with E-state index in [1.807, 2.05) is 24.3 Å². The Morgan fingerprint density at radius 1 is 0.829 bits per heavy atom. The molecule has 1 atom stereocenters. The van der Waals surface area contributed by atoms with Crippen LogP contribution in [0.25, 0.3) is 33.3 Å². The fraction of sp³-hybridized carbons (Fsp3) is 0.161. The van der Waals surface area contributed by atoms with Crippen molar-refractivity contribution >= 4 is 16.6 Å². The summed E-state index contributed by atoms with van der Waals surface area (Å²) < 4.78 is 16.3. The van der Waals surface area contributed by atoms with E-state index >= 15 is 0 Å². The van der Waals surface area contributed by atoms with E-state index in [1.54, 1.807) is 18.2 Å². The Balaban J connectivity index is 1.65. The van der Waals surface area contributed by atoms with Crippen LogP contribution in [0.5, 0.6) is 0 Å². The Morgan fingerprint density at radius 2 is 1.46 bits per heavy atom. The van der Waals surface area contributed by atoms with Crippen molar-refractivity contribution < 1.29 is 9.50 Å². The molecule has 5 aromatic rings. The Hall–Kier alpha value is -3.89. The van der Waals surface area contributed by atoms with E-state index in [4.69, 9.17) is 0 Å². The van der Waals surface area contributed by atoms with Crippen molar-refractivity contribution in [2.75, 3.05) is 11.9 Å². The van der Waals surface area contributed by atoms with Crippen LogP contribution in [-0.4, -0.2) is 22.3 Å². The highest BCUT2D eigenvalue weighted by molar-refractivity contribution is 6.06. The van der Waals surface area contributed by atoms with Crippen molar-refractivity contribution in [2.24, 2.45) is 0 Å². The number of halogens is 1. The molecule has 2 N–H and O–H groups in total. The topological polar surface area (TPSA) is 37.2 Å². The molecule has 0 aliphatic heterocycles. The van der Waals surface area contributed by atoms with Crippen LogP contribution in [0.3, 0.4) is 0 Å². The fourth-order valence-corrected chi connectivity index (χ4v) is 4.97. The lowest BCUT2D eigenvalue weighted by Gasteiger charge is -2.19.